The van der Waals surface area contributed by atoms with Crippen LogP contribution < -0.4 is 5.32 Å². The van der Waals surface area contributed by atoms with Crippen LogP contribution in [-0.2, 0) is 20.9 Å². The van der Waals surface area contributed by atoms with Gasteiger partial charge in [0.15, 0.2) is 0 Å². The van der Waals surface area contributed by atoms with Crippen LogP contribution in [0.15, 0.2) is 6.07 Å². The molecular weight excluding hydrogens is 340 g/mol. The Labute approximate surface area is 142 Å². The third-order valence-electron chi connectivity index (χ3n) is 3.02. The van der Waals surface area contributed by atoms with Crippen molar-refractivity contribution in [1.29, 1.82) is 0 Å². The van der Waals surface area contributed by atoms with Crippen molar-refractivity contribution in [2.45, 2.75) is 20.5 Å². The number of ether oxygens (including phenoxy) is 2. The highest BCUT2D eigenvalue weighted by atomic mass is 35.5. The number of hydrogen-bond donors (Lipinski definition) is 1. The minimum absolute atomic E-state index is 0.210. The molecule has 0 unspecified atom stereocenters. The Morgan fingerprint density at radius 2 is 2.17 bits per heavy atom. The van der Waals surface area contributed by atoms with Gasteiger partial charge in [0.2, 0.25) is 5.91 Å². The monoisotopic (exact) mass is 356 g/mol. The highest BCUT2D eigenvalue weighted by Crippen LogP contribution is 2.38. The molecule has 0 atom stereocenters. The van der Waals surface area contributed by atoms with E-state index in [0.29, 0.717) is 27.4 Å². The van der Waals surface area contributed by atoms with Crippen LogP contribution in [0.25, 0.3) is 10.2 Å². The van der Waals surface area contributed by atoms with Gasteiger partial charge in [0.05, 0.1) is 18.9 Å². The van der Waals surface area contributed by atoms with Gasteiger partial charge in [-0.2, -0.15) is 0 Å². The maximum atomic E-state index is 12.2. The van der Waals surface area contributed by atoms with Gasteiger partial charge in [-0.25, -0.2) is 9.78 Å². The van der Waals surface area contributed by atoms with Crippen molar-refractivity contribution >= 4 is 50.7 Å². The van der Waals surface area contributed by atoms with E-state index in [1.807, 2.05) is 13.0 Å². The fourth-order valence-corrected chi connectivity index (χ4v) is 3.40. The van der Waals surface area contributed by atoms with Crippen LogP contribution in [-0.4, -0.2) is 36.5 Å². The van der Waals surface area contributed by atoms with Gasteiger partial charge >= 0.3 is 5.97 Å². The molecule has 0 aliphatic heterocycles. The molecule has 8 heteroatoms. The first-order valence-electron chi connectivity index (χ1n) is 6.96. The van der Waals surface area contributed by atoms with Gasteiger partial charge < -0.3 is 14.8 Å². The zero-order chi connectivity index (χ0) is 17.0. The largest absolute Gasteiger partial charge is 0.462 e. The minimum atomic E-state index is -0.499. The first-order valence-corrected chi connectivity index (χ1v) is 8.31. The number of nitrogens with one attached hydrogen (secondary N) is 1. The summed E-state index contributed by atoms with van der Waals surface area (Å²) in [7, 11) is 1.58. The van der Waals surface area contributed by atoms with E-state index in [1.54, 1.807) is 14.0 Å². The smallest absolute Gasteiger partial charge is 0.350 e. The average Bonchev–Trinajstić information content (AvgIpc) is 2.86. The lowest BCUT2D eigenvalue weighted by atomic mass is 10.1. The van der Waals surface area contributed by atoms with Gasteiger partial charge in [-0.1, -0.05) is 0 Å². The molecule has 1 amide bonds. The Balaban J connectivity index is 2.69. The Kier molecular flexibility index (Phi) is 5.92. The summed E-state index contributed by atoms with van der Waals surface area (Å²) in [6, 6.07) is 1.86. The topological polar surface area (TPSA) is 77.5 Å². The third kappa shape index (κ3) is 3.80. The molecule has 0 saturated heterocycles. The van der Waals surface area contributed by atoms with Gasteiger partial charge in [-0.3, -0.25) is 4.79 Å². The number of carbonyl (C=O) groups excluding carboxylic acids is 2. The number of alkyl halides is 1. The molecule has 2 aromatic heterocycles. The summed E-state index contributed by atoms with van der Waals surface area (Å²) in [4.78, 5) is 29.3. The molecule has 0 saturated carbocycles. The molecule has 2 heterocycles. The molecule has 0 aliphatic carbocycles. The van der Waals surface area contributed by atoms with E-state index in [1.165, 1.54) is 11.3 Å². The maximum Gasteiger partial charge on any atom is 0.350 e. The predicted octanol–water partition coefficient (Wildman–Crippen LogP) is 3.11. The summed E-state index contributed by atoms with van der Waals surface area (Å²) in [6.07, 6.45) is 0. The van der Waals surface area contributed by atoms with Crippen LogP contribution in [0, 0.1) is 6.92 Å². The lowest BCUT2D eigenvalue weighted by Crippen LogP contribution is -2.15. The quantitative estimate of drug-likeness (QED) is 0.635. The summed E-state index contributed by atoms with van der Waals surface area (Å²) in [5, 5.41) is 3.37. The van der Waals surface area contributed by atoms with E-state index >= 15 is 0 Å². The molecule has 124 valence electrons. The number of carbonyl (C=O) groups is 2. The Hall–Kier alpha value is -1.70. The summed E-state index contributed by atoms with van der Waals surface area (Å²) in [5.41, 5.74) is 2.02. The van der Waals surface area contributed by atoms with Crippen molar-refractivity contribution in [1.82, 2.24) is 4.98 Å². The Morgan fingerprint density at radius 1 is 1.43 bits per heavy atom. The van der Waals surface area contributed by atoms with Gasteiger partial charge in [0.1, 0.15) is 15.6 Å². The molecule has 0 radical (unpaired) electrons. The lowest BCUT2D eigenvalue weighted by molar-refractivity contribution is -0.113. The van der Waals surface area contributed by atoms with Gasteiger partial charge in [0, 0.05) is 18.2 Å². The third-order valence-corrected chi connectivity index (χ3v) is 4.32. The molecular formula is C15H17ClN2O4S. The minimum Gasteiger partial charge on any atom is -0.462 e. The highest BCUT2D eigenvalue weighted by Gasteiger charge is 2.24. The number of aryl methyl sites for hydroxylation is 1. The molecule has 0 aliphatic rings. The SMILES string of the molecule is CCOC(=O)c1sc2nc(C)cc(COC)c2c1NC(=O)CCl. The van der Waals surface area contributed by atoms with Gasteiger partial charge in [0.25, 0.3) is 0 Å². The van der Waals surface area contributed by atoms with Crippen molar-refractivity contribution in [2.75, 3.05) is 24.9 Å². The predicted molar refractivity (Wildman–Crippen MR) is 90.4 cm³/mol. The zero-order valence-electron chi connectivity index (χ0n) is 13.1. The number of aromatic nitrogens is 1. The number of amides is 1. The number of hydrogen-bond acceptors (Lipinski definition) is 6. The van der Waals surface area contributed by atoms with E-state index in [2.05, 4.69) is 10.3 Å². The number of pyridine rings is 1. The maximum absolute atomic E-state index is 12.2. The summed E-state index contributed by atoms with van der Waals surface area (Å²) in [6.45, 7) is 4.16. The van der Waals surface area contributed by atoms with Crippen LogP contribution >= 0.6 is 22.9 Å². The first kappa shape index (κ1) is 17.7. The second kappa shape index (κ2) is 7.72. The standard InChI is InChI=1S/C15H17ClN2O4S/c1-4-22-15(20)13-12(18-10(19)6-16)11-9(7-21-3)5-8(2)17-14(11)23-13/h5H,4,6-7H2,1-3H3,(H,18,19). The molecule has 23 heavy (non-hydrogen) atoms. The van der Waals surface area contributed by atoms with Crippen molar-refractivity contribution in [3.63, 3.8) is 0 Å². The molecule has 2 aromatic rings. The van der Waals surface area contributed by atoms with Crippen LogP contribution in [0.5, 0.6) is 0 Å². The highest BCUT2D eigenvalue weighted by molar-refractivity contribution is 7.21. The summed E-state index contributed by atoms with van der Waals surface area (Å²) < 4.78 is 10.3. The number of esters is 1. The molecule has 1 N–H and O–H groups in total. The number of methoxy groups -OCH3 is 1. The second-order valence-electron chi connectivity index (χ2n) is 4.74. The fourth-order valence-electron chi connectivity index (χ4n) is 2.21. The molecule has 2 rings (SSSR count). The van der Waals surface area contributed by atoms with Crippen molar-refractivity contribution < 1.29 is 19.1 Å². The molecule has 0 fully saturated rings. The molecule has 0 aromatic carbocycles. The van der Waals surface area contributed by atoms with Gasteiger partial charge in [-0.05, 0) is 25.5 Å². The van der Waals surface area contributed by atoms with E-state index in [-0.39, 0.29) is 12.5 Å². The number of anilines is 1. The first-order chi connectivity index (χ1) is 11.0. The van der Waals surface area contributed by atoms with Crippen LogP contribution in [0.1, 0.15) is 27.9 Å². The molecule has 0 spiro atoms. The van der Waals surface area contributed by atoms with Crippen LogP contribution in [0.2, 0.25) is 0 Å². The summed E-state index contributed by atoms with van der Waals surface area (Å²) in [5.74, 6) is -1.11. The number of thiophene rings is 1. The number of nitrogens with zero attached hydrogens (tertiary/aromatic N) is 1. The Bertz CT molecular complexity index is 745. The normalized spacial score (nSPS) is 10.8. The second-order valence-corrected chi connectivity index (χ2v) is 6.01. The Morgan fingerprint density at radius 3 is 2.78 bits per heavy atom. The van der Waals surface area contributed by atoms with Crippen molar-refractivity contribution in [3.8, 4) is 0 Å². The molecule has 6 nitrogen and oxygen atoms in total. The fraction of sp³-hybridized carbons (Fsp3) is 0.400. The van der Waals surface area contributed by atoms with Crippen molar-refractivity contribution in [3.05, 3.63) is 22.2 Å². The van der Waals surface area contributed by atoms with Crippen LogP contribution in [0.3, 0.4) is 0 Å². The number of fused-ring (bicyclic) bond motifs is 1. The van der Waals surface area contributed by atoms with E-state index in [0.717, 1.165) is 11.3 Å². The number of halogens is 1. The zero-order valence-corrected chi connectivity index (χ0v) is 14.6. The van der Waals surface area contributed by atoms with E-state index in [9.17, 15) is 9.59 Å². The van der Waals surface area contributed by atoms with E-state index in [4.69, 9.17) is 21.1 Å². The number of rotatable bonds is 6. The van der Waals surface area contributed by atoms with Crippen molar-refractivity contribution in [2.24, 2.45) is 0 Å². The van der Waals surface area contributed by atoms with Crippen LogP contribution in [0.4, 0.5) is 5.69 Å². The van der Waals surface area contributed by atoms with E-state index < -0.39 is 11.9 Å². The molecule has 0 bridgehead atoms. The van der Waals surface area contributed by atoms with Gasteiger partial charge in [-0.15, -0.1) is 22.9 Å². The summed E-state index contributed by atoms with van der Waals surface area (Å²) >= 11 is 6.75. The lowest BCUT2D eigenvalue weighted by Gasteiger charge is -2.09. The average molecular weight is 357 g/mol.